The molecule has 1 aromatic heterocycles. The monoisotopic (exact) mass is 336 g/mol. The molecule has 1 heteroatoms. The van der Waals surface area contributed by atoms with E-state index in [0.717, 1.165) is 13.0 Å². The number of aryl methyl sites for hydroxylation is 2. The fourth-order valence-corrected chi connectivity index (χ4v) is 3.29. The molecular weight excluding hydrogens is 314 g/mol. The van der Waals surface area contributed by atoms with Crippen LogP contribution in [-0.2, 0) is 13.0 Å². The lowest BCUT2D eigenvalue weighted by Gasteiger charge is -2.08. The topological polar surface area (TPSA) is 3.88 Å². The number of hydrogen-bond donors (Lipinski definition) is 0. The first-order valence-corrected chi connectivity index (χ1v) is 9.08. The minimum Gasteiger partial charge on any atom is -0.198 e. The van der Waals surface area contributed by atoms with Crippen LogP contribution >= 0.6 is 0 Å². The lowest BCUT2D eigenvalue weighted by molar-refractivity contribution is -0.685. The van der Waals surface area contributed by atoms with Gasteiger partial charge in [0.2, 0.25) is 5.69 Å². The van der Waals surface area contributed by atoms with Gasteiger partial charge in [0.25, 0.3) is 0 Å². The number of benzene rings is 3. The summed E-state index contributed by atoms with van der Waals surface area (Å²) in [7, 11) is 0. The second-order valence-corrected chi connectivity index (χ2v) is 6.46. The Morgan fingerprint density at radius 2 is 1.12 bits per heavy atom. The first kappa shape index (κ1) is 16.3. The van der Waals surface area contributed by atoms with Gasteiger partial charge in [0.05, 0.1) is 0 Å². The molecule has 1 heterocycles. The van der Waals surface area contributed by atoms with Crippen LogP contribution in [0.15, 0.2) is 109 Å². The van der Waals surface area contributed by atoms with Crippen molar-refractivity contribution in [2.45, 2.75) is 13.0 Å². The molecule has 0 fully saturated rings. The Labute approximate surface area is 155 Å². The minimum absolute atomic E-state index is 0.962. The van der Waals surface area contributed by atoms with Crippen LogP contribution in [-0.4, -0.2) is 0 Å². The first-order chi connectivity index (χ1) is 12.9. The predicted octanol–water partition coefficient (Wildman–Crippen LogP) is 5.55. The Hall–Kier alpha value is -3.19. The van der Waals surface area contributed by atoms with Crippen molar-refractivity contribution in [2.75, 3.05) is 0 Å². The predicted molar refractivity (Wildman–Crippen MR) is 108 cm³/mol. The van der Waals surface area contributed by atoms with E-state index in [2.05, 4.69) is 114 Å². The van der Waals surface area contributed by atoms with Crippen LogP contribution in [0.25, 0.3) is 22.4 Å². The zero-order valence-corrected chi connectivity index (χ0v) is 14.8. The summed E-state index contributed by atoms with van der Waals surface area (Å²) in [5.41, 5.74) is 6.37. The standard InChI is InChI=1S/C25H22N/c1-4-10-21(11-5-1)16-18-26-19-17-24(22-12-6-2-7-13-22)20-25(26)23-14-8-3-9-15-23/h1-15,17,19-20H,16,18H2/q+1. The van der Waals surface area contributed by atoms with Gasteiger partial charge in [-0.1, -0.05) is 78.9 Å². The summed E-state index contributed by atoms with van der Waals surface area (Å²) in [6, 6.07) is 36.4. The fourth-order valence-electron chi connectivity index (χ4n) is 3.29. The zero-order chi connectivity index (χ0) is 17.6. The SMILES string of the molecule is c1ccc(CC[n+]2ccc(-c3ccccc3)cc2-c2ccccc2)cc1. The Bertz CT molecular complexity index is 961. The first-order valence-electron chi connectivity index (χ1n) is 9.08. The van der Waals surface area contributed by atoms with Crippen molar-refractivity contribution < 1.29 is 4.57 Å². The van der Waals surface area contributed by atoms with E-state index in [1.165, 1.54) is 27.9 Å². The van der Waals surface area contributed by atoms with Gasteiger partial charge in [-0.3, -0.25) is 0 Å². The zero-order valence-electron chi connectivity index (χ0n) is 14.8. The second kappa shape index (κ2) is 7.79. The van der Waals surface area contributed by atoms with E-state index in [1.54, 1.807) is 0 Å². The molecule has 0 radical (unpaired) electrons. The summed E-state index contributed by atoms with van der Waals surface area (Å²) in [5, 5.41) is 0. The van der Waals surface area contributed by atoms with Gasteiger partial charge < -0.3 is 0 Å². The number of pyridine rings is 1. The Balaban J connectivity index is 1.71. The highest BCUT2D eigenvalue weighted by Gasteiger charge is 2.14. The Kier molecular flexibility index (Phi) is 4.88. The molecule has 1 nitrogen and oxygen atoms in total. The molecule has 0 spiro atoms. The molecule has 0 amide bonds. The highest BCUT2D eigenvalue weighted by molar-refractivity contribution is 5.68. The van der Waals surface area contributed by atoms with E-state index in [-0.39, 0.29) is 0 Å². The van der Waals surface area contributed by atoms with Gasteiger partial charge >= 0.3 is 0 Å². The van der Waals surface area contributed by atoms with Crippen molar-refractivity contribution in [1.29, 1.82) is 0 Å². The van der Waals surface area contributed by atoms with Crippen LogP contribution in [0, 0.1) is 0 Å². The third kappa shape index (κ3) is 3.73. The van der Waals surface area contributed by atoms with Crippen molar-refractivity contribution >= 4 is 0 Å². The molecule has 126 valence electrons. The minimum atomic E-state index is 0.962. The van der Waals surface area contributed by atoms with Gasteiger partial charge in [0.15, 0.2) is 12.7 Å². The number of aromatic nitrogens is 1. The molecule has 0 saturated carbocycles. The molecule has 4 aromatic rings. The maximum atomic E-state index is 2.36. The molecule has 0 atom stereocenters. The van der Waals surface area contributed by atoms with E-state index in [1.807, 2.05) is 0 Å². The molecule has 0 unspecified atom stereocenters. The van der Waals surface area contributed by atoms with Crippen LogP contribution in [0.1, 0.15) is 5.56 Å². The van der Waals surface area contributed by atoms with Gasteiger partial charge in [-0.05, 0) is 28.8 Å². The van der Waals surface area contributed by atoms with Crippen LogP contribution in [0.2, 0.25) is 0 Å². The summed E-state index contributed by atoms with van der Waals surface area (Å²) in [4.78, 5) is 0. The van der Waals surface area contributed by atoms with Gasteiger partial charge in [-0.25, -0.2) is 0 Å². The van der Waals surface area contributed by atoms with Crippen LogP contribution in [0.3, 0.4) is 0 Å². The van der Waals surface area contributed by atoms with E-state index < -0.39 is 0 Å². The molecule has 0 N–H and O–H groups in total. The molecule has 0 aliphatic rings. The van der Waals surface area contributed by atoms with Crippen LogP contribution < -0.4 is 4.57 Å². The van der Waals surface area contributed by atoms with Gasteiger partial charge in [-0.2, -0.15) is 4.57 Å². The third-order valence-corrected chi connectivity index (χ3v) is 4.70. The van der Waals surface area contributed by atoms with Crippen molar-refractivity contribution in [1.82, 2.24) is 0 Å². The van der Waals surface area contributed by atoms with E-state index in [9.17, 15) is 0 Å². The molecule has 26 heavy (non-hydrogen) atoms. The van der Waals surface area contributed by atoms with Gasteiger partial charge in [-0.15, -0.1) is 0 Å². The summed E-state index contributed by atoms with van der Waals surface area (Å²) in [6.45, 7) is 0.962. The van der Waals surface area contributed by atoms with Crippen molar-refractivity contribution in [3.8, 4) is 22.4 Å². The molecule has 0 bridgehead atoms. The quantitative estimate of drug-likeness (QED) is 0.421. The smallest absolute Gasteiger partial charge is 0.198 e. The Morgan fingerprint density at radius 3 is 1.77 bits per heavy atom. The molecule has 4 rings (SSSR count). The molecular formula is C25H22N+. The number of nitrogens with zero attached hydrogens (tertiary/aromatic N) is 1. The number of rotatable bonds is 5. The maximum Gasteiger partial charge on any atom is 0.213 e. The highest BCUT2D eigenvalue weighted by Crippen LogP contribution is 2.23. The van der Waals surface area contributed by atoms with Crippen LogP contribution in [0.4, 0.5) is 0 Å². The molecule has 3 aromatic carbocycles. The lowest BCUT2D eigenvalue weighted by atomic mass is 10.0. The number of hydrogen-bond acceptors (Lipinski definition) is 0. The second-order valence-electron chi connectivity index (χ2n) is 6.46. The fraction of sp³-hybridized carbons (Fsp3) is 0.0800. The van der Waals surface area contributed by atoms with Crippen molar-refractivity contribution in [3.05, 3.63) is 115 Å². The van der Waals surface area contributed by atoms with Crippen molar-refractivity contribution in [2.24, 2.45) is 0 Å². The average Bonchev–Trinajstić information content (AvgIpc) is 2.74. The lowest BCUT2D eigenvalue weighted by Crippen LogP contribution is -2.37. The molecule has 0 saturated heterocycles. The summed E-state index contributed by atoms with van der Waals surface area (Å²) in [6.07, 6.45) is 3.24. The molecule has 0 aliphatic carbocycles. The molecule has 0 aliphatic heterocycles. The Morgan fingerprint density at radius 1 is 0.538 bits per heavy atom. The maximum absolute atomic E-state index is 2.36. The van der Waals surface area contributed by atoms with Gasteiger partial charge in [0.1, 0.15) is 0 Å². The highest BCUT2D eigenvalue weighted by atomic mass is 15.0. The third-order valence-electron chi connectivity index (χ3n) is 4.70. The summed E-state index contributed by atoms with van der Waals surface area (Å²) in [5.74, 6) is 0. The summed E-state index contributed by atoms with van der Waals surface area (Å²) < 4.78 is 2.36. The van der Waals surface area contributed by atoms with E-state index in [4.69, 9.17) is 0 Å². The largest absolute Gasteiger partial charge is 0.213 e. The summed E-state index contributed by atoms with van der Waals surface area (Å²) >= 11 is 0. The van der Waals surface area contributed by atoms with E-state index >= 15 is 0 Å². The normalized spacial score (nSPS) is 10.6. The van der Waals surface area contributed by atoms with E-state index in [0.29, 0.717) is 0 Å². The average molecular weight is 336 g/mol. The van der Waals surface area contributed by atoms with Gasteiger partial charge in [0, 0.05) is 24.1 Å². The van der Waals surface area contributed by atoms with Crippen molar-refractivity contribution in [3.63, 3.8) is 0 Å². The van der Waals surface area contributed by atoms with Crippen LogP contribution in [0.5, 0.6) is 0 Å².